The van der Waals surface area contributed by atoms with Gasteiger partial charge in [0.05, 0.1) is 24.1 Å². The fraction of sp³-hybridized carbons (Fsp3) is 0.385. The molecule has 0 aliphatic carbocycles. The predicted octanol–water partition coefficient (Wildman–Crippen LogP) is 4.65. The van der Waals surface area contributed by atoms with E-state index in [1.807, 2.05) is 6.92 Å². The number of fused-ring (bicyclic) bond motifs is 1. The van der Waals surface area contributed by atoms with Crippen molar-refractivity contribution in [3.63, 3.8) is 0 Å². The number of nitrogens with zero attached hydrogens (tertiary/aromatic N) is 3. The lowest BCUT2D eigenvalue weighted by atomic mass is 10.1. The molecule has 2 aromatic heterocycles. The molecule has 200 valence electrons. The molecule has 0 fully saturated rings. The maximum absolute atomic E-state index is 15.0. The molecule has 0 aliphatic rings. The average Bonchev–Trinajstić information content (AvgIpc) is 3.08. The quantitative estimate of drug-likeness (QED) is 0.453. The molecule has 3 rings (SSSR count). The fourth-order valence-corrected chi connectivity index (χ4v) is 4.73. The van der Waals surface area contributed by atoms with E-state index < -0.39 is 27.5 Å². The number of pyridine rings is 1. The minimum Gasteiger partial charge on any atom is -0.481 e. The molecule has 0 saturated heterocycles. The van der Waals surface area contributed by atoms with Gasteiger partial charge in [-0.3, -0.25) is 0 Å². The van der Waals surface area contributed by atoms with Crippen molar-refractivity contribution >= 4 is 27.1 Å². The van der Waals surface area contributed by atoms with Crippen LogP contribution >= 0.6 is 0 Å². The highest BCUT2D eigenvalue weighted by atomic mass is 32.2. The van der Waals surface area contributed by atoms with Crippen LogP contribution in [0.5, 0.6) is 5.88 Å². The molecule has 0 saturated carbocycles. The van der Waals surface area contributed by atoms with E-state index in [4.69, 9.17) is 9.47 Å². The fourth-order valence-electron chi connectivity index (χ4n) is 3.78. The van der Waals surface area contributed by atoms with Gasteiger partial charge in [0.2, 0.25) is 15.9 Å². The first kappa shape index (κ1) is 28.1. The topological polar surface area (TPSA) is 103 Å². The summed E-state index contributed by atoms with van der Waals surface area (Å²) in [5, 5.41) is 2.51. The minimum atomic E-state index is -3.66. The summed E-state index contributed by atoms with van der Waals surface area (Å²) in [7, 11) is 0.783. The van der Waals surface area contributed by atoms with Crippen molar-refractivity contribution in [3.8, 4) is 17.0 Å². The van der Waals surface area contributed by atoms with E-state index >= 15 is 0 Å². The number of aromatic nitrogens is 2. The number of sulfonamides is 1. The summed E-state index contributed by atoms with van der Waals surface area (Å²) in [6.07, 6.45) is 0.640. The number of methoxy groups -OCH3 is 1. The second kappa shape index (κ2) is 10.9. The van der Waals surface area contributed by atoms with Gasteiger partial charge < -0.3 is 19.4 Å². The number of allylic oxidation sites excluding steroid dienone is 1. The summed E-state index contributed by atoms with van der Waals surface area (Å²) in [6.45, 7) is 6.91. The van der Waals surface area contributed by atoms with Crippen LogP contribution in [0.3, 0.4) is 0 Å². The van der Waals surface area contributed by atoms with E-state index in [1.165, 1.54) is 33.3 Å². The third-order valence-electron chi connectivity index (χ3n) is 5.53. The Bertz CT molecular complexity index is 1440. The van der Waals surface area contributed by atoms with Crippen LogP contribution in [-0.4, -0.2) is 61.7 Å². The Labute approximate surface area is 216 Å². The highest BCUT2D eigenvalue weighted by Gasteiger charge is 2.22. The molecule has 1 aromatic carbocycles. The number of benzene rings is 1. The molecule has 0 radical (unpaired) electrons. The van der Waals surface area contributed by atoms with Crippen LogP contribution in [0, 0.1) is 6.92 Å². The van der Waals surface area contributed by atoms with Crippen LogP contribution in [0.15, 0.2) is 53.2 Å². The van der Waals surface area contributed by atoms with Gasteiger partial charge in [0, 0.05) is 38.0 Å². The van der Waals surface area contributed by atoms with Gasteiger partial charge in [-0.1, -0.05) is 12.1 Å². The first-order chi connectivity index (χ1) is 17.2. The van der Waals surface area contributed by atoms with Crippen LogP contribution < -0.4 is 10.1 Å². The minimum absolute atomic E-state index is 0.0393. The normalized spacial score (nSPS) is 12.7. The van der Waals surface area contributed by atoms with Crippen molar-refractivity contribution in [3.05, 3.63) is 54.0 Å². The summed E-state index contributed by atoms with van der Waals surface area (Å²) in [6, 6.07) is 10.0. The van der Waals surface area contributed by atoms with Crippen LogP contribution in [-0.2, 0) is 21.3 Å². The summed E-state index contributed by atoms with van der Waals surface area (Å²) >= 11 is 0. The number of nitrogens with one attached hydrogen (secondary N) is 1. The molecule has 2 heterocycles. The summed E-state index contributed by atoms with van der Waals surface area (Å²) in [5.74, 6) is -0.0945. The highest BCUT2D eigenvalue weighted by molar-refractivity contribution is 7.89. The molecule has 0 atom stereocenters. The molecule has 37 heavy (non-hydrogen) atoms. The van der Waals surface area contributed by atoms with Gasteiger partial charge in [0.25, 0.3) is 0 Å². The summed E-state index contributed by atoms with van der Waals surface area (Å²) < 4.78 is 53.8. The lowest BCUT2D eigenvalue weighted by molar-refractivity contribution is 0.0534. The van der Waals surface area contributed by atoms with Crippen molar-refractivity contribution in [1.82, 2.24) is 19.2 Å². The first-order valence-corrected chi connectivity index (χ1v) is 13.1. The van der Waals surface area contributed by atoms with Crippen molar-refractivity contribution in [2.24, 2.45) is 0 Å². The first-order valence-electron chi connectivity index (χ1n) is 11.6. The third-order valence-corrected chi connectivity index (χ3v) is 7.34. The Kier molecular flexibility index (Phi) is 8.28. The Morgan fingerprint density at radius 3 is 2.54 bits per heavy atom. The Morgan fingerprint density at radius 1 is 1.22 bits per heavy atom. The monoisotopic (exact) mass is 532 g/mol. The number of rotatable bonds is 8. The van der Waals surface area contributed by atoms with E-state index in [1.54, 1.807) is 55.7 Å². The lowest BCUT2D eigenvalue weighted by Gasteiger charge is -2.19. The second-order valence-electron chi connectivity index (χ2n) is 9.62. The van der Waals surface area contributed by atoms with Gasteiger partial charge >= 0.3 is 6.09 Å². The van der Waals surface area contributed by atoms with Crippen LogP contribution in [0.4, 0.5) is 9.18 Å². The zero-order valence-electron chi connectivity index (χ0n) is 22.1. The van der Waals surface area contributed by atoms with Crippen molar-refractivity contribution in [1.29, 1.82) is 0 Å². The second-order valence-corrected chi connectivity index (χ2v) is 11.8. The van der Waals surface area contributed by atoms with Crippen molar-refractivity contribution < 1.29 is 27.1 Å². The maximum Gasteiger partial charge on any atom is 0.407 e. The zero-order chi connectivity index (χ0) is 27.5. The van der Waals surface area contributed by atoms with Crippen LogP contribution in [0.2, 0.25) is 0 Å². The van der Waals surface area contributed by atoms with E-state index in [-0.39, 0.29) is 18.0 Å². The number of ether oxygens (including phenoxy) is 2. The SMILES string of the molecule is COc1ccc2c(n1)c(-c1cccc(S(=O)(=O)N(C)C)c1)c(C)n2C/C(F)=C/CNC(=O)OC(C)(C)C. The molecule has 1 amide bonds. The Balaban J connectivity index is 2.01. The van der Waals surface area contributed by atoms with Gasteiger partial charge in [-0.25, -0.2) is 26.9 Å². The number of halogens is 1. The number of hydrogen-bond acceptors (Lipinski definition) is 6. The van der Waals surface area contributed by atoms with Crippen LogP contribution in [0.25, 0.3) is 22.2 Å². The average molecular weight is 533 g/mol. The zero-order valence-corrected chi connectivity index (χ0v) is 22.9. The Morgan fingerprint density at radius 2 is 1.92 bits per heavy atom. The largest absolute Gasteiger partial charge is 0.481 e. The van der Waals surface area contributed by atoms with Gasteiger partial charge in [-0.2, -0.15) is 0 Å². The molecular formula is C26H33FN4O5S. The van der Waals surface area contributed by atoms with Gasteiger partial charge in [-0.05, 0) is 57.5 Å². The molecule has 0 unspecified atom stereocenters. The van der Waals surface area contributed by atoms with E-state index in [2.05, 4.69) is 10.3 Å². The molecule has 0 spiro atoms. The number of carbonyl (C=O) groups is 1. The smallest absolute Gasteiger partial charge is 0.407 e. The standard InChI is InChI=1S/C26H33FN4O5S/c1-17-23(18-9-8-10-20(15-18)37(33,34)30(5)6)24-21(11-12-22(29-24)35-7)31(17)16-19(27)13-14-28-25(32)36-26(2,3)4/h8-13,15H,14,16H2,1-7H3,(H,28,32)/b19-13-. The Hall–Kier alpha value is -3.44. The van der Waals surface area contributed by atoms with Gasteiger partial charge in [0.1, 0.15) is 16.9 Å². The third kappa shape index (κ3) is 6.47. The molecule has 3 aromatic rings. The predicted molar refractivity (Wildman–Crippen MR) is 141 cm³/mol. The maximum atomic E-state index is 15.0. The number of amides is 1. The number of hydrogen-bond donors (Lipinski definition) is 1. The molecule has 1 N–H and O–H groups in total. The number of alkyl carbamates (subject to hydrolysis) is 1. The van der Waals surface area contributed by atoms with Gasteiger partial charge in [-0.15, -0.1) is 0 Å². The molecule has 11 heteroatoms. The van der Waals surface area contributed by atoms with Crippen LogP contribution in [0.1, 0.15) is 26.5 Å². The highest BCUT2D eigenvalue weighted by Crippen LogP contribution is 2.36. The molecular weight excluding hydrogens is 499 g/mol. The molecule has 9 nitrogen and oxygen atoms in total. The van der Waals surface area contributed by atoms with Crippen molar-refractivity contribution in [2.45, 2.75) is 44.7 Å². The van der Waals surface area contributed by atoms with Crippen molar-refractivity contribution in [2.75, 3.05) is 27.7 Å². The van der Waals surface area contributed by atoms with E-state index in [0.29, 0.717) is 33.7 Å². The molecule has 0 aliphatic heterocycles. The molecule has 0 bridgehead atoms. The van der Waals surface area contributed by atoms with E-state index in [0.717, 1.165) is 4.31 Å². The van der Waals surface area contributed by atoms with Gasteiger partial charge in [0.15, 0.2) is 0 Å². The summed E-state index contributed by atoms with van der Waals surface area (Å²) in [4.78, 5) is 16.6. The summed E-state index contributed by atoms with van der Waals surface area (Å²) in [5.41, 5.74) is 2.54. The number of carbonyl (C=O) groups excluding carboxylic acids is 1. The van der Waals surface area contributed by atoms with E-state index in [9.17, 15) is 17.6 Å². The lowest BCUT2D eigenvalue weighted by Crippen LogP contribution is -2.32.